The van der Waals surface area contributed by atoms with Gasteiger partial charge in [-0.1, -0.05) is 12.1 Å². The molecular weight excluding hydrogens is 182 g/mol. The van der Waals surface area contributed by atoms with Crippen LogP contribution in [0.3, 0.4) is 0 Å². The van der Waals surface area contributed by atoms with Crippen LogP contribution in [0.25, 0.3) is 0 Å². The summed E-state index contributed by atoms with van der Waals surface area (Å²) in [7, 11) is 0. The van der Waals surface area contributed by atoms with E-state index in [1.54, 1.807) is 13.0 Å². The van der Waals surface area contributed by atoms with Crippen LogP contribution in [0.15, 0.2) is 10.6 Å². The van der Waals surface area contributed by atoms with Crippen molar-refractivity contribution >= 4 is 5.91 Å². The Kier molecular flexibility index (Phi) is 3.64. The number of amides is 1. The van der Waals surface area contributed by atoms with E-state index in [-0.39, 0.29) is 5.91 Å². The van der Waals surface area contributed by atoms with Gasteiger partial charge in [-0.25, -0.2) is 0 Å². The zero-order valence-corrected chi connectivity index (χ0v) is 8.41. The molecule has 5 heteroatoms. The van der Waals surface area contributed by atoms with Gasteiger partial charge in [0.25, 0.3) is 0 Å². The minimum atomic E-state index is -0.442. The van der Waals surface area contributed by atoms with Crippen LogP contribution in [0, 0.1) is 6.92 Å². The molecule has 0 spiro atoms. The summed E-state index contributed by atoms with van der Waals surface area (Å²) in [6.45, 7) is 4.03. The van der Waals surface area contributed by atoms with Gasteiger partial charge in [0.2, 0.25) is 5.91 Å². The molecule has 0 aromatic carbocycles. The lowest BCUT2D eigenvalue weighted by Gasteiger charge is -2.07. The maximum absolute atomic E-state index is 11.3. The molecule has 0 saturated carbocycles. The van der Waals surface area contributed by atoms with Crippen molar-refractivity contribution in [3.8, 4) is 0 Å². The average molecular weight is 197 g/mol. The third kappa shape index (κ3) is 2.85. The van der Waals surface area contributed by atoms with Crippen molar-refractivity contribution in [2.45, 2.75) is 32.9 Å². The molecule has 5 nitrogen and oxygen atoms in total. The van der Waals surface area contributed by atoms with Crippen LogP contribution < -0.4 is 11.1 Å². The summed E-state index contributed by atoms with van der Waals surface area (Å²) >= 11 is 0. The Morgan fingerprint density at radius 1 is 1.79 bits per heavy atom. The molecule has 0 aliphatic rings. The number of hydrogen-bond acceptors (Lipinski definition) is 4. The standard InChI is InChI=1S/C9H15N3O2/c1-3-8(10)9(13)11-5-7-4-6(2)14-12-7/h4,8H,3,5,10H2,1-2H3,(H,11,13)/t8-/m0/s1. The van der Waals surface area contributed by atoms with Gasteiger partial charge >= 0.3 is 0 Å². The van der Waals surface area contributed by atoms with Crippen LogP contribution in [-0.4, -0.2) is 17.1 Å². The molecule has 0 fully saturated rings. The van der Waals surface area contributed by atoms with Crippen molar-refractivity contribution < 1.29 is 9.32 Å². The van der Waals surface area contributed by atoms with Gasteiger partial charge in [0, 0.05) is 6.07 Å². The Balaban J connectivity index is 2.37. The number of rotatable bonds is 4. The van der Waals surface area contributed by atoms with Crippen molar-refractivity contribution in [2.75, 3.05) is 0 Å². The molecular formula is C9H15N3O2. The number of nitrogens with two attached hydrogens (primary N) is 1. The molecule has 0 bridgehead atoms. The van der Waals surface area contributed by atoms with Crippen LogP contribution >= 0.6 is 0 Å². The monoisotopic (exact) mass is 197 g/mol. The summed E-state index contributed by atoms with van der Waals surface area (Å²) in [6.07, 6.45) is 0.629. The Morgan fingerprint density at radius 3 is 3.00 bits per heavy atom. The molecule has 0 aliphatic heterocycles. The molecule has 1 aromatic rings. The van der Waals surface area contributed by atoms with Crippen LogP contribution in [0.1, 0.15) is 24.8 Å². The zero-order chi connectivity index (χ0) is 10.6. The summed E-state index contributed by atoms with van der Waals surface area (Å²) in [5.74, 6) is 0.571. The Hall–Kier alpha value is -1.36. The molecule has 0 radical (unpaired) electrons. The van der Waals surface area contributed by atoms with Gasteiger partial charge in [0.15, 0.2) is 0 Å². The highest BCUT2D eigenvalue weighted by molar-refractivity contribution is 5.81. The highest BCUT2D eigenvalue weighted by Crippen LogP contribution is 2.00. The first-order valence-corrected chi connectivity index (χ1v) is 4.59. The molecule has 3 N–H and O–H groups in total. The Labute approximate surface area is 82.6 Å². The molecule has 0 unspecified atom stereocenters. The van der Waals surface area contributed by atoms with Crippen LogP contribution in [0.2, 0.25) is 0 Å². The molecule has 1 amide bonds. The maximum Gasteiger partial charge on any atom is 0.237 e. The van der Waals surface area contributed by atoms with Gasteiger partial charge in [-0.2, -0.15) is 0 Å². The van der Waals surface area contributed by atoms with E-state index in [0.29, 0.717) is 18.7 Å². The molecule has 0 saturated heterocycles. The average Bonchev–Trinajstić information content (AvgIpc) is 2.59. The minimum absolute atomic E-state index is 0.159. The number of nitrogens with one attached hydrogen (secondary N) is 1. The zero-order valence-electron chi connectivity index (χ0n) is 8.41. The normalized spacial score (nSPS) is 12.5. The number of carbonyl (C=O) groups excluding carboxylic acids is 1. The fourth-order valence-electron chi connectivity index (χ4n) is 0.995. The number of aromatic nitrogens is 1. The lowest BCUT2D eigenvalue weighted by molar-refractivity contribution is -0.122. The van der Waals surface area contributed by atoms with Gasteiger partial charge in [-0.3, -0.25) is 4.79 Å². The van der Waals surface area contributed by atoms with E-state index >= 15 is 0 Å². The second kappa shape index (κ2) is 4.76. The van der Waals surface area contributed by atoms with E-state index in [1.807, 2.05) is 6.92 Å². The number of carbonyl (C=O) groups is 1. The van der Waals surface area contributed by atoms with Crippen molar-refractivity contribution in [2.24, 2.45) is 5.73 Å². The first-order chi connectivity index (χ1) is 6.63. The Bertz CT molecular complexity index is 309. The number of nitrogens with zero attached hydrogens (tertiary/aromatic N) is 1. The summed E-state index contributed by atoms with van der Waals surface area (Å²) in [4.78, 5) is 11.3. The quantitative estimate of drug-likeness (QED) is 0.729. The lowest BCUT2D eigenvalue weighted by atomic mass is 10.2. The van der Waals surface area contributed by atoms with E-state index in [1.165, 1.54) is 0 Å². The second-order valence-electron chi connectivity index (χ2n) is 3.16. The van der Waals surface area contributed by atoms with Gasteiger partial charge in [-0.15, -0.1) is 0 Å². The summed E-state index contributed by atoms with van der Waals surface area (Å²) < 4.78 is 4.85. The molecule has 1 aromatic heterocycles. The van der Waals surface area contributed by atoms with E-state index in [9.17, 15) is 4.79 Å². The smallest absolute Gasteiger partial charge is 0.237 e. The van der Waals surface area contributed by atoms with Gasteiger partial charge in [0.05, 0.1) is 12.6 Å². The van der Waals surface area contributed by atoms with E-state index in [4.69, 9.17) is 10.3 Å². The summed E-state index contributed by atoms with van der Waals surface area (Å²) in [5.41, 5.74) is 6.24. The van der Waals surface area contributed by atoms with Gasteiger partial charge in [-0.05, 0) is 13.3 Å². The fourth-order valence-corrected chi connectivity index (χ4v) is 0.995. The fraction of sp³-hybridized carbons (Fsp3) is 0.556. The third-order valence-electron chi connectivity index (χ3n) is 1.90. The van der Waals surface area contributed by atoms with Crippen molar-refractivity contribution in [1.29, 1.82) is 0 Å². The Morgan fingerprint density at radius 2 is 2.50 bits per heavy atom. The summed E-state index contributed by atoms with van der Waals surface area (Å²) in [5, 5.41) is 6.42. The van der Waals surface area contributed by atoms with Crippen molar-refractivity contribution in [3.05, 3.63) is 17.5 Å². The van der Waals surface area contributed by atoms with Crippen LogP contribution in [-0.2, 0) is 11.3 Å². The first-order valence-electron chi connectivity index (χ1n) is 4.59. The molecule has 14 heavy (non-hydrogen) atoms. The molecule has 78 valence electrons. The SMILES string of the molecule is CC[C@H](N)C(=O)NCc1cc(C)on1. The third-order valence-corrected chi connectivity index (χ3v) is 1.90. The van der Waals surface area contributed by atoms with Crippen LogP contribution in [0.4, 0.5) is 0 Å². The molecule has 1 rings (SSSR count). The highest BCUT2D eigenvalue weighted by Gasteiger charge is 2.10. The molecule has 0 aliphatic carbocycles. The van der Waals surface area contributed by atoms with Crippen molar-refractivity contribution in [1.82, 2.24) is 10.5 Å². The lowest BCUT2D eigenvalue weighted by Crippen LogP contribution is -2.39. The van der Waals surface area contributed by atoms with Crippen LogP contribution in [0.5, 0.6) is 0 Å². The predicted octanol–water partition coefficient (Wildman–Crippen LogP) is 0.337. The van der Waals surface area contributed by atoms with Gasteiger partial charge in [0.1, 0.15) is 11.5 Å². The molecule has 1 heterocycles. The second-order valence-corrected chi connectivity index (χ2v) is 3.16. The minimum Gasteiger partial charge on any atom is -0.361 e. The predicted molar refractivity (Wildman–Crippen MR) is 51.4 cm³/mol. The topological polar surface area (TPSA) is 81.2 Å². The van der Waals surface area contributed by atoms with E-state index < -0.39 is 6.04 Å². The van der Waals surface area contributed by atoms with E-state index in [0.717, 1.165) is 5.76 Å². The van der Waals surface area contributed by atoms with Crippen molar-refractivity contribution in [3.63, 3.8) is 0 Å². The number of aryl methyl sites for hydroxylation is 1. The maximum atomic E-state index is 11.3. The number of hydrogen-bond donors (Lipinski definition) is 2. The van der Waals surface area contributed by atoms with Gasteiger partial charge < -0.3 is 15.6 Å². The first kappa shape index (κ1) is 10.7. The molecule has 1 atom stereocenters. The van der Waals surface area contributed by atoms with E-state index in [2.05, 4.69) is 10.5 Å². The highest BCUT2D eigenvalue weighted by atomic mass is 16.5. The largest absolute Gasteiger partial charge is 0.361 e. The summed E-state index contributed by atoms with van der Waals surface area (Å²) in [6, 6.07) is 1.33.